The molecule has 0 atom stereocenters. The number of nitrogens with zero attached hydrogens (tertiary/aromatic N) is 3. The Morgan fingerprint density at radius 2 is 2.06 bits per heavy atom. The summed E-state index contributed by atoms with van der Waals surface area (Å²) in [6.45, 7) is 2.27. The van der Waals surface area contributed by atoms with Crippen LogP contribution in [0.3, 0.4) is 0 Å². The number of hydrogen-bond acceptors (Lipinski definition) is 3. The van der Waals surface area contributed by atoms with Crippen LogP contribution in [0.25, 0.3) is 16.7 Å². The minimum atomic E-state index is 0.815. The van der Waals surface area contributed by atoms with Crippen LogP contribution in [0.4, 0.5) is 5.69 Å². The average molecular weight is 238 g/mol. The summed E-state index contributed by atoms with van der Waals surface area (Å²) in [5, 5.41) is 0. The van der Waals surface area contributed by atoms with E-state index in [1.165, 1.54) is 18.5 Å². The van der Waals surface area contributed by atoms with Crippen LogP contribution in [0.5, 0.6) is 0 Å². The van der Waals surface area contributed by atoms with Gasteiger partial charge in [-0.1, -0.05) is 18.2 Å². The number of anilines is 1. The van der Waals surface area contributed by atoms with Crippen LogP contribution in [0.1, 0.15) is 18.7 Å². The quantitative estimate of drug-likeness (QED) is 0.874. The number of nitrogens with one attached hydrogen (secondary N) is 1. The molecule has 4 rings (SSSR count). The summed E-state index contributed by atoms with van der Waals surface area (Å²) >= 11 is 0. The molecule has 3 heterocycles. The van der Waals surface area contributed by atoms with E-state index >= 15 is 0 Å². The van der Waals surface area contributed by atoms with E-state index in [0.29, 0.717) is 0 Å². The summed E-state index contributed by atoms with van der Waals surface area (Å²) in [4.78, 5) is 14.7. The van der Waals surface area contributed by atoms with Gasteiger partial charge in [-0.2, -0.15) is 0 Å². The molecule has 2 aromatic heterocycles. The van der Waals surface area contributed by atoms with Crippen molar-refractivity contribution in [1.82, 2.24) is 15.0 Å². The van der Waals surface area contributed by atoms with Crippen LogP contribution in [-0.2, 0) is 0 Å². The molecule has 0 unspecified atom stereocenters. The molecule has 0 amide bonds. The molecule has 0 spiro atoms. The zero-order valence-electron chi connectivity index (χ0n) is 10.1. The average Bonchev–Trinajstić information content (AvgIpc) is 2.94. The third-order valence-electron chi connectivity index (χ3n) is 3.64. The second kappa shape index (κ2) is 3.70. The Hall–Kier alpha value is -2.10. The van der Waals surface area contributed by atoms with E-state index < -0.39 is 0 Å². The van der Waals surface area contributed by atoms with Crippen molar-refractivity contribution in [2.75, 3.05) is 18.0 Å². The number of H-pyrrole nitrogens is 1. The van der Waals surface area contributed by atoms with Gasteiger partial charge in [-0.25, -0.2) is 9.97 Å². The highest BCUT2D eigenvalue weighted by molar-refractivity contribution is 5.89. The second-order valence-corrected chi connectivity index (χ2v) is 4.79. The summed E-state index contributed by atoms with van der Waals surface area (Å²) < 4.78 is 0. The largest absolute Gasteiger partial charge is 0.370 e. The van der Waals surface area contributed by atoms with Crippen molar-refractivity contribution in [1.29, 1.82) is 0 Å². The van der Waals surface area contributed by atoms with Crippen LogP contribution in [0.15, 0.2) is 30.5 Å². The normalized spacial score (nSPS) is 18.2. The van der Waals surface area contributed by atoms with Crippen molar-refractivity contribution in [3.8, 4) is 0 Å². The third-order valence-corrected chi connectivity index (χ3v) is 3.64. The lowest BCUT2D eigenvalue weighted by Crippen LogP contribution is -2.17. The van der Waals surface area contributed by atoms with Gasteiger partial charge < -0.3 is 9.88 Å². The van der Waals surface area contributed by atoms with Crippen LogP contribution in [0, 0.1) is 0 Å². The van der Waals surface area contributed by atoms with E-state index in [0.717, 1.165) is 35.7 Å². The number of fused-ring (bicyclic) bond motifs is 1. The van der Waals surface area contributed by atoms with Crippen molar-refractivity contribution in [3.05, 3.63) is 36.3 Å². The first-order valence-electron chi connectivity index (χ1n) is 6.40. The predicted molar refractivity (Wildman–Crippen MR) is 72.5 cm³/mol. The summed E-state index contributed by atoms with van der Waals surface area (Å²) in [6, 6.07) is 2.08. The van der Waals surface area contributed by atoms with E-state index in [9.17, 15) is 0 Å². The molecule has 90 valence electrons. The molecule has 1 saturated heterocycles. The Bertz CT molecular complexity index is 659. The van der Waals surface area contributed by atoms with E-state index in [2.05, 4.69) is 38.1 Å². The van der Waals surface area contributed by atoms with E-state index in [4.69, 9.17) is 0 Å². The molecular formula is C14H14N4. The Morgan fingerprint density at radius 3 is 2.78 bits per heavy atom. The fourth-order valence-electron chi connectivity index (χ4n) is 2.61. The highest BCUT2D eigenvalue weighted by atomic mass is 15.2. The van der Waals surface area contributed by atoms with Gasteiger partial charge in [0.2, 0.25) is 0 Å². The molecule has 0 aromatic carbocycles. The number of pyridine rings is 1. The summed E-state index contributed by atoms with van der Waals surface area (Å²) in [6.07, 6.45) is 10.6. The predicted octanol–water partition coefficient (Wildman–Crippen LogP) is 2.51. The number of aromatic amines is 1. The van der Waals surface area contributed by atoms with Gasteiger partial charge in [-0.05, 0) is 18.9 Å². The molecule has 1 fully saturated rings. The topological polar surface area (TPSA) is 44.8 Å². The standard InChI is InChI=1S/C14H14N4/c1-2-9-18(8-1)11-6-7-15-14-12(11)16-13(17-14)10-4-3-5-10/h3-7H,1-2,8-9H2,(H,15,16,17). The molecule has 4 heteroatoms. The molecule has 0 bridgehead atoms. The Kier molecular flexibility index (Phi) is 2.03. The molecule has 4 nitrogen and oxygen atoms in total. The van der Waals surface area contributed by atoms with Crippen LogP contribution in [0.2, 0.25) is 0 Å². The van der Waals surface area contributed by atoms with Crippen LogP contribution >= 0.6 is 0 Å². The van der Waals surface area contributed by atoms with Gasteiger partial charge >= 0.3 is 0 Å². The zero-order valence-corrected chi connectivity index (χ0v) is 10.1. The minimum Gasteiger partial charge on any atom is -0.370 e. The van der Waals surface area contributed by atoms with Gasteiger partial charge in [0.25, 0.3) is 0 Å². The molecular weight excluding hydrogens is 224 g/mol. The van der Waals surface area contributed by atoms with Gasteiger partial charge in [0.05, 0.1) is 5.69 Å². The van der Waals surface area contributed by atoms with Crippen molar-refractivity contribution in [2.45, 2.75) is 12.8 Å². The SMILES string of the molecule is C1=CC(c2nc3nccc(N4CCCC4)c3[nH]2)=C1. The summed E-state index contributed by atoms with van der Waals surface area (Å²) in [5.74, 6) is 0.923. The molecule has 0 saturated carbocycles. The summed E-state index contributed by atoms with van der Waals surface area (Å²) in [7, 11) is 0. The molecule has 1 N–H and O–H groups in total. The van der Waals surface area contributed by atoms with Crippen LogP contribution in [-0.4, -0.2) is 28.0 Å². The van der Waals surface area contributed by atoms with E-state index in [1.54, 1.807) is 0 Å². The van der Waals surface area contributed by atoms with Crippen LogP contribution < -0.4 is 4.90 Å². The molecule has 1 aliphatic carbocycles. The number of aromatic nitrogens is 3. The monoisotopic (exact) mass is 238 g/mol. The van der Waals surface area contributed by atoms with Gasteiger partial charge in [0, 0.05) is 24.9 Å². The molecule has 2 aliphatic rings. The van der Waals surface area contributed by atoms with E-state index in [1.807, 2.05) is 12.3 Å². The highest BCUT2D eigenvalue weighted by Gasteiger charge is 2.18. The Labute approximate surface area is 105 Å². The maximum atomic E-state index is 4.55. The Morgan fingerprint density at radius 1 is 1.22 bits per heavy atom. The lowest BCUT2D eigenvalue weighted by Gasteiger charge is -2.17. The van der Waals surface area contributed by atoms with Crippen molar-refractivity contribution >= 4 is 22.4 Å². The van der Waals surface area contributed by atoms with Gasteiger partial charge in [-0.3, -0.25) is 0 Å². The molecule has 18 heavy (non-hydrogen) atoms. The summed E-state index contributed by atoms with van der Waals surface area (Å²) in [5.41, 5.74) is 4.27. The molecule has 1 aliphatic heterocycles. The highest BCUT2D eigenvalue weighted by Crippen LogP contribution is 2.29. The minimum absolute atomic E-state index is 0.815. The lowest BCUT2D eigenvalue weighted by atomic mass is 10.1. The maximum Gasteiger partial charge on any atom is 0.180 e. The van der Waals surface area contributed by atoms with Crippen molar-refractivity contribution in [2.24, 2.45) is 0 Å². The van der Waals surface area contributed by atoms with Gasteiger partial charge in [-0.15, -0.1) is 0 Å². The molecule has 2 aromatic rings. The number of allylic oxidation sites excluding steroid dienone is 4. The molecule has 0 radical (unpaired) electrons. The van der Waals surface area contributed by atoms with Gasteiger partial charge in [0.15, 0.2) is 5.65 Å². The number of rotatable bonds is 2. The van der Waals surface area contributed by atoms with Gasteiger partial charge in [0.1, 0.15) is 11.3 Å². The second-order valence-electron chi connectivity index (χ2n) is 4.79. The van der Waals surface area contributed by atoms with E-state index in [-0.39, 0.29) is 0 Å². The lowest BCUT2D eigenvalue weighted by molar-refractivity contribution is 0.949. The number of hydrogen-bond donors (Lipinski definition) is 1. The van der Waals surface area contributed by atoms with Crippen molar-refractivity contribution in [3.63, 3.8) is 0 Å². The zero-order chi connectivity index (χ0) is 11.9. The third kappa shape index (κ3) is 1.38. The fraction of sp³-hybridized carbons (Fsp3) is 0.286. The fourth-order valence-corrected chi connectivity index (χ4v) is 2.61. The van der Waals surface area contributed by atoms with Crippen molar-refractivity contribution < 1.29 is 0 Å². The Balaban J connectivity index is 1.84. The smallest absolute Gasteiger partial charge is 0.180 e. The number of imidazole rings is 1. The first kappa shape index (κ1) is 9.88. The maximum absolute atomic E-state index is 4.55. The first-order valence-corrected chi connectivity index (χ1v) is 6.40. The first-order chi connectivity index (χ1) is 8.92.